The number of halogens is 2. The molecule has 2 heterocycles. The maximum absolute atomic E-state index is 12.9. The first-order chi connectivity index (χ1) is 14.1. The van der Waals surface area contributed by atoms with Crippen molar-refractivity contribution in [2.45, 2.75) is 32.3 Å². The van der Waals surface area contributed by atoms with Gasteiger partial charge in [0.05, 0.1) is 5.69 Å². The van der Waals surface area contributed by atoms with Crippen molar-refractivity contribution in [3.63, 3.8) is 0 Å². The molecule has 0 unspecified atom stereocenters. The molecule has 0 aliphatic carbocycles. The standard InChI is InChI=1S/C18H22F2N4O5S/c1-11-5-4-6-14(28-17(19)20)15(11)21-18(25)23-7-9-24(10-8-23)30(26,27)16-12(2)22-29-13(16)3/h4-6,17H,7-10H2,1-3H3,(H,21,25). The number of aromatic nitrogens is 1. The lowest BCUT2D eigenvalue weighted by Gasteiger charge is -2.34. The smallest absolute Gasteiger partial charge is 0.387 e. The van der Waals surface area contributed by atoms with E-state index in [1.807, 2.05) is 0 Å². The highest BCUT2D eigenvalue weighted by Gasteiger charge is 2.34. The van der Waals surface area contributed by atoms with E-state index in [2.05, 4.69) is 15.2 Å². The number of ether oxygens (including phenoxy) is 1. The molecule has 1 N–H and O–H groups in total. The molecule has 0 saturated carbocycles. The zero-order valence-electron chi connectivity index (χ0n) is 16.7. The van der Waals surface area contributed by atoms with Crippen molar-refractivity contribution in [3.8, 4) is 5.75 Å². The first kappa shape index (κ1) is 22.0. The Morgan fingerprint density at radius 3 is 2.43 bits per heavy atom. The minimum absolute atomic E-state index is 0.0362. The molecule has 1 saturated heterocycles. The molecule has 0 spiro atoms. The summed E-state index contributed by atoms with van der Waals surface area (Å²) in [5.74, 6) is 0.0664. The molecule has 1 aromatic carbocycles. The number of nitrogens with one attached hydrogen (secondary N) is 1. The second-order valence-corrected chi connectivity index (χ2v) is 8.68. The number of amides is 2. The van der Waals surface area contributed by atoms with E-state index >= 15 is 0 Å². The summed E-state index contributed by atoms with van der Waals surface area (Å²) in [7, 11) is -3.80. The summed E-state index contributed by atoms with van der Waals surface area (Å²) in [5, 5.41) is 6.27. The third kappa shape index (κ3) is 4.38. The Morgan fingerprint density at radius 1 is 1.20 bits per heavy atom. The van der Waals surface area contributed by atoms with Gasteiger partial charge in [-0.3, -0.25) is 0 Å². The molecule has 2 aromatic rings. The third-order valence-corrected chi connectivity index (χ3v) is 6.92. The van der Waals surface area contributed by atoms with Crippen LogP contribution in [0.25, 0.3) is 0 Å². The van der Waals surface area contributed by atoms with Crippen molar-refractivity contribution in [1.29, 1.82) is 0 Å². The number of hydrogen-bond acceptors (Lipinski definition) is 6. The van der Waals surface area contributed by atoms with Crippen molar-refractivity contribution >= 4 is 21.7 Å². The molecule has 0 atom stereocenters. The monoisotopic (exact) mass is 444 g/mol. The van der Waals surface area contributed by atoms with Gasteiger partial charge in [0.1, 0.15) is 16.3 Å². The first-order valence-corrected chi connectivity index (χ1v) is 10.6. The van der Waals surface area contributed by atoms with E-state index in [0.29, 0.717) is 5.56 Å². The summed E-state index contributed by atoms with van der Waals surface area (Å²) < 4.78 is 61.7. The highest BCUT2D eigenvalue weighted by atomic mass is 32.2. The van der Waals surface area contributed by atoms with E-state index in [1.165, 1.54) is 22.2 Å². The highest BCUT2D eigenvalue weighted by Crippen LogP contribution is 2.30. The van der Waals surface area contributed by atoms with Gasteiger partial charge in [-0.15, -0.1) is 0 Å². The Morgan fingerprint density at radius 2 is 1.87 bits per heavy atom. The van der Waals surface area contributed by atoms with Crippen LogP contribution in [0.1, 0.15) is 17.0 Å². The SMILES string of the molecule is Cc1cccc(OC(F)F)c1NC(=O)N1CCN(S(=O)(=O)c2c(C)noc2C)CC1. The van der Waals surface area contributed by atoms with Crippen LogP contribution in [-0.2, 0) is 10.0 Å². The maximum atomic E-state index is 12.9. The van der Waals surface area contributed by atoms with Gasteiger partial charge in [0.2, 0.25) is 10.0 Å². The van der Waals surface area contributed by atoms with E-state index in [9.17, 15) is 22.0 Å². The summed E-state index contributed by atoms with van der Waals surface area (Å²) in [6.45, 7) is 2.12. The van der Waals surface area contributed by atoms with E-state index in [0.717, 1.165) is 0 Å². The fourth-order valence-electron chi connectivity index (χ4n) is 3.28. The van der Waals surface area contributed by atoms with Crippen molar-refractivity contribution in [3.05, 3.63) is 35.2 Å². The van der Waals surface area contributed by atoms with Gasteiger partial charge in [-0.05, 0) is 32.4 Å². The number of alkyl halides is 2. The highest BCUT2D eigenvalue weighted by molar-refractivity contribution is 7.89. The second kappa shape index (κ2) is 8.56. The molecule has 1 aromatic heterocycles. The van der Waals surface area contributed by atoms with Crippen LogP contribution >= 0.6 is 0 Å². The number of piperazine rings is 1. The summed E-state index contributed by atoms with van der Waals surface area (Å²) in [5.41, 5.74) is 0.980. The van der Waals surface area contributed by atoms with Crippen LogP contribution in [0, 0.1) is 20.8 Å². The van der Waals surface area contributed by atoms with Gasteiger partial charge in [-0.2, -0.15) is 13.1 Å². The van der Waals surface area contributed by atoms with Gasteiger partial charge in [0.25, 0.3) is 0 Å². The van der Waals surface area contributed by atoms with Crippen molar-refractivity contribution in [2.24, 2.45) is 0 Å². The van der Waals surface area contributed by atoms with Crippen LogP contribution in [0.2, 0.25) is 0 Å². The average molecular weight is 444 g/mol. The summed E-state index contributed by atoms with van der Waals surface area (Å²) in [6.07, 6.45) is 0. The predicted molar refractivity (Wildman–Crippen MR) is 103 cm³/mol. The number of para-hydroxylation sites is 1. The van der Waals surface area contributed by atoms with Gasteiger partial charge in [0.15, 0.2) is 5.76 Å². The van der Waals surface area contributed by atoms with Crippen LogP contribution in [0.3, 0.4) is 0 Å². The number of hydrogen-bond donors (Lipinski definition) is 1. The minimum atomic E-state index is -3.80. The molecular weight excluding hydrogens is 422 g/mol. The zero-order valence-corrected chi connectivity index (χ0v) is 17.5. The Hall–Kier alpha value is -2.73. The number of aryl methyl sites for hydroxylation is 3. The second-order valence-electron chi connectivity index (χ2n) is 6.80. The number of carbonyl (C=O) groups is 1. The van der Waals surface area contributed by atoms with E-state index in [1.54, 1.807) is 26.0 Å². The summed E-state index contributed by atoms with van der Waals surface area (Å²) in [4.78, 5) is 14.1. The molecule has 9 nitrogen and oxygen atoms in total. The molecule has 0 bridgehead atoms. The Labute approximate surface area is 172 Å². The van der Waals surface area contributed by atoms with Gasteiger partial charge in [-0.1, -0.05) is 17.3 Å². The van der Waals surface area contributed by atoms with Crippen molar-refractivity contribution in [2.75, 3.05) is 31.5 Å². The minimum Gasteiger partial charge on any atom is -0.433 e. The summed E-state index contributed by atoms with van der Waals surface area (Å²) >= 11 is 0. The average Bonchev–Trinajstić information content (AvgIpc) is 3.03. The Balaban J connectivity index is 1.68. The molecule has 12 heteroatoms. The topological polar surface area (TPSA) is 105 Å². The number of urea groups is 1. The normalized spacial score (nSPS) is 15.5. The molecular formula is C18H22F2N4O5S. The third-order valence-electron chi connectivity index (χ3n) is 4.77. The molecule has 1 fully saturated rings. The van der Waals surface area contributed by atoms with Gasteiger partial charge >= 0.3 is 12.6 Å². The number of sulfonamides is 1. The fourth-order valence-corrected chi connectivity index (χ4v) is 5.00. The van der Waals surface area contributed by atoms with Crippen molar-refractivity contribution in [1.82, 2.24) is 14.4 Å². The number of nitrogens with zero attached hydrogens (tertiary/aromatic N) is 3. The van der Waals surface area contributed by atoms with E-state index in [4.69, 9.17) is 4.52 Å². The van der Waals surface area contributed by atoms with Crippen LogP contribution in [0.5, 0.6) is 5.75 Å². The zero-order chi connectivity index (χ0) is 22.1. The van der Waals surface area contributed by atoms with Gasteiger partial charge in [-0.25, -0.2) is 13.2 Å². The Kier molecular flexibility index (Phi) is 6.27. The molecule has 1 aliphatic heterocycles. The predicted octanol–water partition coefficient (Wildman–Crippen LogP) is 2.74. The number of benzene rings is 1. The van der Waals surface area contributed by atoms with Crippen LogP contribution in [-0.4, -0.2) is 61.6 Å². The quantitative estimate of drug-likeness (QED) is 0.760. The van der Waals surface area contributed by atoms with Crippen LogP contribution in [0.15, 0.2) is 27.6 Å². The molecule has 2 amide bonds. The van der Waals surface area contributed by atoms with Gasteiger partial charge in [0, 0.05) is 26.2 Å². The molecule has 30 heavy (non-hydrogen) atoms. The van der Waals surface area contributed by atoms with Gasteiger partial charge < -0.3 is 19.5 Å². The first-order valence-electron chi connectivity index (χ1n) is 9.14. The molecule has 0 radical (unpaired) electrons. The summed E-state index contributed by atoms with van der Waals surface area (Å²) in [6, 6.07) is 4.00. The number of carbonyl (C=O) groups excluding carboxylic acids is 1. The van der Waals surface area contributed by atoms with E-state index in [-0.39, 0.29) is 54.0 Å². The molecule has 164 valence electrons. The number of anilines is 1. The molecule has 1 aliphatic rings. The lowest BCUT2D eigenvalue weighted by molar-refractivity contribution is -0.0493. The van der Waals surface area contributed by atoms with E-state index < -0.39 is 22.7 Å². The lowest BCUT2D eigenvalue weighted by atomic mass is 10.2. The lowest BCUT2D eigenvalue weighted by Crippen LogP contribution is -2.51. The number of rotatable bonds is 5. The van der Waals surface area contributed by atoms with Crippen LogP contribution in [0.4, 0.5) is 19.3 Å². The van der Waals surface area contributed by atoms with Crippen molar-refractivity contribution < 1.29 is 31.3 Å². The Bertz CT molecular complexity index is 1010. The van der Waals surface area contributed by atoms with Crippen LogP contribution < -0.4 is 10.1 Å². The fraction of sp³-hybridized carbons (Fsp3) is 0.444. The molecule has 3 rings (SSSR count). The largest absolute Gasteiger partial charge is 0.433 e. The maximum Gasteiger partial charge on any atom is 0.387 e.